The Kier molecular flexibility index (Phi) is 6.69. The molecule has 0 aromatic heterocycles. The lowest BCUT2D eigenvalue weighted by atomic mass is 10.1. The van der Waals surface area contributed by atoms with Gasteiger partial charge in [-0.1, -0.05) is 54.1 Å². The van der Waals surface area contributed by atoms with Gasteiger partial charge in [0.05, 0.1) is 5.57 Å². The summed E-state index contributed by atoms with van der Waals surface area (Å²) in [4.78, 5) is 16.8. The third-order valence-corrected chi connectivity index (χ3v) is 6.41. The average molecular weight is 497 g/mol. The summed E-state index contributed by atoms with van der Waals surface area (Å²) in [6.45, 7) is 4.75. The second-order valence-electron chi connectivity index (χ2n) is 8.47. The van der Waals surface area contributed by atoms with Crippen molar-refractivity contribution in [1.29, 1.82) is 5.41 Å². The summed E-state index contributed by atoms with van der Waals surface area (Å²) < 4.78 is 11.7. The van der Waals surface area contributed by atoms with Gasteiger partial charge in [-0.3, -0.25) is 10.2 Å². The van der Waals surface area contributed by atoms with Crippen LogP contribution < -0.4 is 9.47 Å². The monoisotopic (exact) mass is 496 g/mol. The summed E-state index contributed by atoms with van der Waals surface area (Å²) in [6.07, 6.45) is 1.65. The van der Waals surface area contributed by atoms with Crippen LogP contribution in [0.5, 0.6) is 11.5 Å². The van der Waals surface area contributed by atoms with Gasteiger partial charge in [0.25, 0.3) is 5.91 Å². The third kappa shape index (κ3) is 5.39. The van der Waals surface area contributed by atoms with Crippen LogP contribution in [0.25, 0.3) is 6.08 Å². The lowest BCUT2D eigenvalue weighted by molar-refractivity contribution is -0.114. The molecule has 2 aliphatic heterocycles. The van der Waals surface area contributed by atoms with Crippen molar-refractivity contribution in [2.24, 2.45) is 10.1 Å². The van der Waals surface area contributed by atoms with Gasteiger partial charge >= 0.3 is 0 Å². The number of amidine groups is 2. The number of aryl methyl sites for hydroxylation is 2. The molecule has 1 amide bonds. The number of benzene rings is 3. The molecule has 0 atom stereocenters. The van der Waals surface area contributed by atoms with Crippen LogP contribution in [0.2, 0.25) is 0 Å². The van der Waals surface area contributed by atoms with Gasteiger partial charge in [0.15, 0.2) is 5.84 Å². The minimum atomic E-state index is -0.463. The zero-order valence-corrected chi connectivity index (χ0v) is 20.7. The molecule has 2 aliphatic rings. The summed E-state index contributed by atoms with van der Waals surface area (Å²) >= 11 is 1.24. The predicted molar refractivity (Wildman–Crippen MR) is 144 cm³/mol. The van der Waals surface area contributed by atoms with Gasteiger partial charge in [0, 0.05) is 0 Å². The number of thioether (sulfide) groups is 1. The highest BCUT2D eigenvalue weighted by molar-refractivity contribution is 8.27. The van der Waals surface area contributed by atoms with Gasteiger partial charge in [-0.15, -0.1) is 0 Å². The molecule has 2 heterocycles. The molecule has 7 nitrogen and oxygen atoms in total. The van der Waals surface area contributed by atoms with Crippen LogP contribution >= 0.6 is 11.8 Å². The number of carbonyl (C=O) groups excluding carboxylic acids is 1. The number of carbonyl (C=O) groups is 1. The summed E-state index contributed by atoms with van der Waals surface area (Å²) in [5, 5.41) is 15.4. The highest BCUT2D eigenvalue weighted by Crippen LogP contribution is 2.29. The first kappa shape index (κ1) is 23.6. The highest BCUT2D eigenvalue weighted by atomic mass is 32.2. The van der Waals surface area contributed by atoms with E-state index in [0.717, 1.165) is 28.2 Å². The Bertz CT molecular complexity index is 1430. The van der Waals surface area contributed by atoms with Crippen molar-refractivity contribution in [2.75, 3.05) is 6.61 Å². The lowest BCUT2D eigenvalue weighted by Gasteiger charge is -2.20. The molecule has 180 valence electrons. The fourth-order valence-corrected chi connectivity index (χ4v) is 4.53. The molecule has 3 aromatic rings. The molecule has 0 radical (unpaired) electrons. The molecule has 1 N–H and O–H groups in total. The van der Waals surface area contributed by atoms with Gasteiger partial charge in [-0.25, -0.2) is 0 Å². The molecule has 0 saturated heterocycles. The van der Waals surface area contributed by atoms with Crippen molar-refractivity contribution in [2.45, 2.75) is 20.5 Å². The first-order valence-electron chi connectivity index (χ1n) is 11.4. The van der Waals surface area contributed by atoms with Crippen LogP contribution in [-0.4, -0.2) is 33.6 Å². The molecular weight excluding hydrogens is 472 g/mol. The van der Waals surface area contributed by atoms with E-state index >= 15 is 0 Å². The average Bonchev–Trinajstić information content (AvgIpc) is 3.28. The van der Waals surface area contributed by atoms with Gasteiger partial charge in [0.1, 0.15) is 29.8 Å². The Morgan fingerprint density at radius 3 is 2.39 bits per heavy atom. The summed E-state index contributed by atoms with van der Waals surface area (Å²) in [7, 11) is 0. The molecule has 0 unspecified atom stereocenters. The first-order chi connectivity index (χ1) is 17.4. The largest absolute Gasteiger partial charge is 0.489 e. The topological polar surface area (TPSA) is 87.3 Å². The number of hydrogen-bond donors (Lipinski definition) is 1. The minimum Gasteiger partial charge on any atom is -0.489 e. The standard InChI is InChI=1S/C28H24N4O3S/c1-18-5-3-7-21(13-18)16-34-22-11-9-20(10-12-22)15-24-26(29)32-28(30-27(24)33)36-25(31-32)17-35-23-8-4-6-19(2)14-23/h3-15,29H,16-17H2,1-2H3/b24-15+,29-26?. The van der Waals surface area contributed by atoms with Crippen molar-refractivity contribution in [3.05, 3.63) is 101 Å². The van der Waals surface area contributed by atoms with Gasteiger partial charge in [-0.05, 0) is 72.6 Å². The number of nitrogens with one attached hydrogen (secondary N) is 1. The van der Waals surface area contributed by atoms with Gasteiger partial charge in [0.2, 0.25) is 5.17 Å². The van der Waals surface area contributed by atoms with Crippen LogP contribution in [0.3, 0.4) is 0 Å². The van der Waals surface area contributed by atoms with Crippen molar-refractivity contribution < 1.29 is 14.3 Å². The maximum absolute atomic E-state index is 12.7. The molecule has 5 rings (SSSR count). The van der Waals surface area contributed by atoms with Crippen LogP contribution in [0.15, 0.2) is 88.5 Å². The van der Waals surface area contributed by atoms with E-state index in [-0.39, 0.29) is 18.0 Å². The normalized spacial score (nSPS) is 16.1. The Balaban J connectivity index is 1.25. The molecule has 8 heteroatoms. The third-order valence-electron chi connectivity index (χ3n) is 5.53. The summed E-state index contributed by atoms with van der Waals surface area (Å²) in [5.74, 6) is 0.989. The number of rotatable bonds is 7. The second kappa shape index (κ2) is 10.2. The Morgan fingerprint density at radius 2 is 1.64 bits per heavy atom. The quantitative estimate of drug-likeness (QED) is 0.432. The predicted octanol–water partition coefficient (Wildman–Crippen LogP) is 5.58. The van der Waals surface area contributed by atoms with E-state index in [0.29, 0.717) is 16.8 Å². The SMILES string of the molecule is Cc1cccc(COc2ccc(/C=C3\C(=N)N4N=C(COc5cccc(C)c5)SC4=NC3=O)cc2)c1. The molecule has 0 fully saturated rings. The lowest BCUT2D eigenvalue weighted by Crippen LogP contribution is -2.35. The number of ether oxygens (including phenoxy) is 2. The zero-order valence-electron chi connectivity index (χ0n) is 19.9. The first-order valence-corrected chi connectivity index (χ1v) is 12.2. The summed E-state index contributed by atoms with van der Waals surface area (Å²) in [6, 6.07) is 23.3. The Morgan fingerprint density at radius 1 is 0.917 bits per heavy atom. The number of fused-ring (bicyclic) bond motifs is 1. The van der Waals surface area contributed by atoms with E-state index in [4.69, 9.17) is 14.9 Å². The second-order valence-corrected chi connectivity index (χ2v) is 9.51. The van der Waals surface area contributed by atoms with E-state index < -0.39 is 5.91 Å². The Labute approximate surface area is 213 Å². The zero-order chi connectivity index (χ0) is 25.1. The summed E-state index contributed by atoms with van der Waals surface area (Å²) in [5.41, 5.74) is 4.34. The van der Waals surface area contributed by atoms with E-state index in [1.807, 2.05) is 67.6 Å². The number of hydrogen-bond acceptors (Lipinski definition) is 6. The molecule has 36 heavy (non-hydrogen) atoms. The highest BCUT2D eigenvalue weighted by Gasteiger charge is 2.35. The maximum atomic E-state index is 12.7. The van der Waals surface area contributed by atoms with Crippen molar-refractivity contribution in [1.82, 2.24) is 5.01 Å². The van der Waals surface area contributed by atoms with Crippen molar-refractivity contribution >= 4 is 39.8 Å². The molecule has 0 saturated carbocycles. The molecule has 0 spiro atoms. The van der Waals surface area contributed by atoms with Crippen molar-refractivity contribution in [3.8, 4) is 11.5 Å². The molecule has 3 aromatic carbocycles. The van der Waals surface area contributed by atoms with Crippen LogP contribution in [0, 0.1) is 19.3 Å². The number of amides is 1. The minimum absolute atomic E-state index is 0.0113. The number of aliphatic imine (C=N–C) groups is 1. The molecule has 0 bridgehead atoms. The van der Waals surface area contributed by atoms with Crippen LogP contribution in [0.1, 0.15) is 22.3 Å². The Hall–Kier alpha value is -4.17. The van der Waals surface area contributed by atoms with E-state index in [1.165, 1.54) is 22.3 Å². The molecular formula is C28H24N4O3S. The number of hydrazone groups is 1. The van der Waals surface area contributed by atoms with Gasteiger partial charge in [-0.2, -0.15) is 15.1 Å². The fourth-order valence-electron chi connectivity index (χ4n) is 3.74. The van der Waals surface area contributed by atoms with E-state index in [9.17, 15) is 4.79 Å². The van der Waals surface area contributed by atoms with Gasteiger partial charge < -0.3 is 9.47 Å². The maximum Gasteiger partial charge on any atom is 0.283 e. The van der Waals surface area contributed by atoms with Crippen LogP contribution in [-0.2, 0) is 11.4 Å². The van der Waals surface area contributed by atoms with Crippen molar-refractivity contribution in [3.63, 3.8) is 0 Å². The van der Waals surface area contributed by atoms with E-state index in [1.54, 1.807) is 6.08 Å². The van der Waals surface area contributed by atoms with E-state index in [2.05, 4.69) is 29.2 Å². The smallest absolute Gasteiger partial charge is 0.283 e. The van der Waals surface area contributed by atoms with Crippen LogP contribution in [0.4, 0.5) is 0 Å². The molecule has 0 aliphatic carbocycles. The number of nitrogens with zero attached hydrogens (tertiary/aromatic N) is 3. The fraction of sp³-hybridized carbons (Fsp3) is 0.143.